The van der Waals surface area contributed by atoms with Gasteiger partial charge >= 0.3 is 0 Å². The second-order valence-corrected chi connectivity index (χ2v) is 4.43. The van der Waals surface area contributed by atoms with Gasteiger partial charge in [-0.15, -0.1) is 0 Å². The Labute approximate surface area is 112 Å². The molecule has 2 aromatic carbocycles. The molecule has 0 radical (unpaired) electrons. The van der Waals surface area contributed by atoms with Crippen molar-refractivity contribution in [3.8, 4) is 5.75 Å². The van der Waals surface area contributed by atoms with E-state index >= 15 is 0 Å². The first-order chi connectivity index (χ1) is 9.20. The molecule has 0 saturated carbocycles. The Morgan fingerprint density at radius 3 is 2.53 bits per heavy atom. The zero-order chi connectivity index (χ0) is 13.7. The van der Waals surface area contributed by atoms with Crippen molar-refractivity contribution in [1.29, 1.82) is 0 Å². The lowest BCUT2D eigenvalue weighted by atomic mass is 10.0. The standard InChI is InChI=1S/C16H17FO2/c1-19-13-8-9-14(15(17)11-13)16(18)10-7-12-5-3-2-4-6-12/h2-6,8-9,11,16,18H,7,10H2,1H3. The highest BCUT2D eigenvalue weighted by Crippen LogP contribution is 2.25. The van der Waals surface area contributed by atoms with E-state index in [-0.39, 0.29) is 0 Å². The third-order valence-electron chi connectivity index (χ3n) is 3.12. The van der Waals surface area contributed by atoms with E-state index < -0.39 is 11.9 Å². The van der Waals surface area contributed by atoms with Crippen molar-refractivity contribution >= 4 is 0 Å². The Kier molecular flexibility index (Phi) is 4.53. The molecule has 2 aromatic rings. The van der Waals surface area contributed by atoms with Gasteiger partial charge in [0.2, 0.25) is 0 Å². The van der Waals surface area contributed by atoms with Crippen molar-refractivity contribution in [3.05, 3.63) is 65.5 Å². The van der Waals surface area contributed by atoms with Crippen molar-refractivity contribution in [2.45, 2.75) is 18.9 Å². The molecule has 1 N–H and O–H groups in total. The summed E-state index contributed by atoms with van der Waals surface area (Å²) in [6.07, 6.45) is 0.409. The highest BCUT2D eigenvalue weighted by atomic mass is 19.1. The zero-order valence-corrected chi connectivity index (χ0v) is 10.8. The average Bonchev–Trinajstić information content (AvgIpc) is 2.45. The number of halogens is 1. The molecule has 2 rings (SSSR count). The van der Waals surface area contributed by atoms with E-state index in [0.29, 0.717) is 24.2 Å². The minimum Gasteiger partial charge on any atom is -0.497 e. The van der Waals surface area contributed by atoms with Crippen LogP contribution in [0.15, 0.2) is 48.5 Å². The van der Waals surface area contributed by atoms with Gasteiger partial charge < -0.3 is 9.84 Å². The van der Waals surface area contributed by atoms with Gasteiger partial charge in [-0.05, 0) is 30.5 Å². The Balaban J connectivity index is 2.02. The summed E-state index contributed by atoms with van der Waals surface area (Å²) in [5, 5.41) is 10.0. The summed E-state index contributed by atoms with van der Waals surface area (Å²) in [7, 11) is 1.49. The molecule has 0 bridgehead atoms. The number of aliphatic hydroxyl groups excluding tert-OH is 1. The largest absolute Gasteiger partial charge is 0.497 e. The summed E-state index contributed by atoms with van der Waals surface area (Å²) >= 11 is 0. The first-order valence-corrected chi connectivity index (χ1v) is 6.26. The minimum atomic E-state index is -0.800. The Bertz CT molecular complexity index is 526. The number of aryl methyl sites for hydroxylation is 1. The number of rotatable bonds is 5. The second kappa shape index (κ2) is 6.34. The molecular weight excluding hydrogens is 243 g/mol. The van der Waals surface area contributed by atoms with Crippen LogP contribution in [0.1, 0.15) is 23.7 Å². The summed E-state index contributed by atoms with van der Waals surface area (Å²) in [5.74, 6) is 0.0245. The minimum absolute atomic E-state index is 0.316. The number of ether oxygens (including phenoxy) is 1. The van der Waals surface area contributed by atoms with Crippen LogP contribution in [0.2, 0.25) is 0 Å². The molecule has 0 spiro atoms. The van der Waals surface area contributed by atoms with Gasteiger partial charge in [-0.3, -0.25) is 0 Å². The predicted molar refractivity (Wildman–Crippen MR) is 72.7 cm³/mol. The predicted octanol–water partition coefficient (Wildman–Crippen LogP) is 3.50. The van der Waals surface area contributed by atoms with Crippen LogP contribution in [-0.2, 0) is 6.42 Å². The first-order valence-electron chi connectivity index (χ1n) is 6.26. The lowest BCUT2D eigenvalue weighted by Gasteiger charge is -2.12. The van der Waals surface area contributed by atoms with Crippen LogP contribution >= 0.6 is 0 Å². The van der Waals surface area contributed by atoms with E-state index in [9.17, 15) is 9.50 Å². The van der Waals surface area contributed by atoms with Gasteiger partial charge in [-0.1, -0.05) is 30.3 Å². The highest BCUT2D eigenvalue weighted by Gasteiger charge is 2.13. The molecule has 1 unspecified atom stereocenters. The molecule has 19 heavy (non-hydrogen) atoms. The molecule has 0 aliphatic heterocycles. The number of benzene rings is 2. The van der Waals surface area contributed by atoms with Gasteiger partial charge in [0, 0.05) is 11.6 Å². The van der Waals surface area contributed by atoms with Gasteiger partial charge in [0.25, 0.3) is 0 Å². The van der Waals surface area contributed by atoms with Crippen LogP contribution in [0, 0.1) is 5.82 Å². The molecule has 0 fully saturated rings. The fraction of sp³-hybridized carbons (Fsp3) is 0.250. The van der Waals surface area contributed by atoms with Crippen molar-refractivity contribution in [3.63, 3.8) is 0 Å². The topological polar surface area (TPSA) is 29.5 Å². The van der Waals surface area contributed by atoms with Gasteiger partial charge in [-0.25, -0.2) is 4.39 Å². The van der Waals surface area contributed by atoms with E-state index in [1.165, 1.54) is 13.2 Å². The van der Waals surface area contributed by atoms with Gasteiger partial charge in [0.15, 0.2) is 0 Å². The second-order valence-electron chi connectivity index (χ2n) is 4.43. The van der Waals surface area contributed by atoms with Crippen LogP contribution in [0.4, 0.5) is 4.39 Å². The molecule has 2 nitrogen and oxygen atoms in total. The molecule has 0 aliphatic carbocycles. The van der Waals surface area contributed by atoms with E-state index in [1.807, 2.05) is 30.3 Å². The summed E-state index contributed by atoms with van der Waals surface area (Å²) in [6.45, 7) is 0. The van der Waals surface area contributed by atoms with Crippen molar-refractivity contribution in [2.24, 2.45) is 0 Å². The number of aliphatic hydroxyl groups is 1. The van der Waals surface area contributed by atoms with Crippen LogP contribution < -0.4 is 4.74 Å². The smallest absolute Gasteiger partial charge is 0.132 e. The lowest BCUT2D eigenvalue weighted by molar-refractivity contribution is 0.163. The van der Waals surface area contributed by atoms with E-state index in [4.69, 9.17) is 4.74 Å². The number of methoxy groups -OCH3 is 1. The van der Waals surface area contributed by atoms with E-state index in [1.54, 1.807) is 12.1 Å². The van der Waals surface area contributed by atoms with Crippen LogP contribution in [0.3, 0.4) is 0 Å². The maximum atomic E-state index is 13.8. The molecule has 100 valence electrons. The number of hydrogen-bond donors (Lipinski definition) is 1. The fourth-order valence-corrected chi connectivity index (χ4v) is 2.01. The fourth-order valence-electron chi connectivity index (χ4n) is 2.01. The summed E-state index contributed by atoms with van der Waals surface area (Å²) in [6, 6.07) is 14.4. The van der Waals surface area contributed by atoms with Crippen LogP contribution in [0.25, 0.3) is 0 Å². The SMILES string of the molecule is COc1ccc(C(O)CCc2ccccc2)c(F)c1. The van der Waals surface area contributed by atoms with Crippen LogP contribution in [0.5, 0.6) is 5.75 Å². The number of hydrogen-bond acceptors (Lipinski definition) is 2. The van der Waals surface area contributed by atoms with Crippen molar-refractivity contribution < 1.29 is 14.2 Å². The molecule has 0 amide bonds. The molecule has 1 atom stereocenters. The van der Waals surface area contributed by atoms with Crippen molar-refractivity contribution in [1.82, 2.24) is 0 Å². The maximum absolute atomic E-state index is 13.8. The third kappa shape index (κ3) is 3.55. The summed E-state index contributed by atoms with van der Waals surface area (Å²) in [5.41, 5.74) is 1.45. The third-order valence-corrected chi connectivity index (χ3v) is 3.12. The van der Waals surface area contributed by atoms with E-state index in [2.05, 4.69) is 0 Å². The van der Waals surface area contributed by atoms with Crippen LogP contribution in [-0.4, -0.2) is 12.2 Å². The molecule has 0 saturated heterocycles. The molecule has 0 heterocycles. The lowest BCUT2D eigenvalue weighted by Crippen LogP contribution is -2.03. The van der Waals surface area contributed by atoms with E-state index in [0.717, 1.165) is 5.56 Å². The molecule has 0 aromatic heterocycles. The monoisotopic (exact) mass is 260 g/mol. The average molecular weight is 260 g/mol. The summed E-state index contributed by atoms with van der Waals surface area (Å²) < 4.78 is 18.7. The normalized spacial score (nSPS) is 12.2. The molecule has 0 aliphatic rings. The quantitative estimate of drug-likeness (QED) is 0.891. The summed E-state index contributed by atoms with van der Waals surface area (Å²) in [4.78, 5) is 0. The van der Waals surface area contributed by atoms with Gasteiger partial charge in [-0.2, -0.15) is 0 Å². The highest BCUT2D eigenvalue weighted by molar-refractivity contribution is 5.30. The molecular formula is C16H17FO2. The Morgan fingerprint density at radius 1 is 1.16 bits per heavy atom. The zero-order valence-electron chi connectivity index (χ0n) is 10.8. The maximum Gasteiger partial charge on any atom is 0.132 e. The Morgan fingerprint density at radius 2 is 1.89 bits per heavy atom. The van der Waals surface area contributed by atoms with Gasteiger partial charge in [0.1, 0.15) is 11.6 Å². The molecule has 3 heteroatoms. The first kappa shape index (κ1) is 13.6. The van der Waals surface area contributed by atoms with Crippen molar-refractivity contribution in [2.75, 3.05) is 7.11 Å². The Hall–Kier alpha value is -1.87. The van der Waals surface area contributed by atoms with Gasteiger partial charge in [0.05, 0.1) is 13.2 Å².